The number of alkyl halides is 3. The number of allylic oxidation sites excluding steroid dienone is 2. The van der Waals surface area contributed by atoms with Crippen molar-refractivity contribution in [3.63, 3.8) is 0 Å². The lowest BCUT2D eigenvalue weighted by Gasteiger charge is -2.26. The first-order valence-electron chi connectivity index (χ1n) is 4.77. The van der Waals surface area contributed by atoms with E-state index < -0.39 is 29.2 Å². The molecule has 5 heteroatoms. The van der Waals surface area contributed by atoms with Crippen molar-refractivity contribution in [3.05, 3.63) is 11.3 Å². The fourth-order valence-electron chi connectivity index (χ4n) is 2.02. The average Bonchev–Trinajstić information content (AvgIpc) is 1.99. The van der Waals surface area contributed by atoms with Crippen LogP contribution in [0.4, 0.5) is 13.2 Å². The first-order valence-corrected chi connectivity index (χ1v) is 4.77. The Balaban J connectivity index is 3.08. The Morgan fingerprint density at radius 3 is 2.33 bits per heavy atom. The highest BCUT2D eigenvalue weighted by Gasteiger charge is 2.41. The van der Waals surface area contributed by atoms with Gasteiger partial charge in [0.15, 0.2) is 5.78 Å². The molecular formula is C10H13F3O2. The summed E-state index contributed by atoms with van der Waals surface area (Å²) in [5.41, 5.74) is -0.458. The number of carbonyl (C=O) groups is 1. The van der Waals surface area contributed by atoms with Gasteiger partial charge >= 0.3 is 6.18 Å². The molecule has 0 spiro atoms. The molecule has 0 amide bonds. The van der Waals surface area contributed by atoms with E-state index in [4.69, 9.17) is 5.11 Å². The van der Waals surface area contributed by atoms with Crippen LogP contribution in [0.15, 0.2) is 11.3 Å². The van der Waals surface area contributed by atoms with Gasteiger partial charge < -0.3 is 5.11 Å². The molecule has 1 fully saturated rings. The van der Waals surface area contributed by atoms with E-state index in [9.17, 15) is 18.0 Å². The van der Waals surface area contributed by atoms with Gasteiger partial charge in [-0.3, -0.25) is 4.79 Å². The zero-order chi connectivity index (χ0) is 11.8. The molecule has 1 saturated carbocycles. The number of hydrogen-bond donors (Lipinski definition) is 1. The number of aliphatic hydroxyl groups is 1. The van der Waals surface area contributed by atoms with Crippen molar-refractivity contribution in [2.45, 2.75) is 32.9 Å². The molecule has 2 nitrogen and oxygen atoms in total. The van der Waals surface area contributed by atoms with Crippen LogP contribution in [0.2, 0.25) is 0 Å². The van der Waals surface area contributed by atoms with Gasteiger partial charge in [0.25, 0.3) is 0 Å². The van der Waals surface area contributed by atoms with Crippen molar-refractivity contribution in [2.75, 3.05) is 0 Å². The van der Waals surface area contributed by atoms with Crippen molar-refractivity contribution >= 4 is 5.78 Å². The Morgan fingerprint density at radius 2 is 1.93 bits per heavy atom. The van der Waals surface area contributed by atoms with Crippen molar-refractivity contribution in [1.29, 1.82) is 0 Å². The Morgan fingerprint density at radius 1 is 1.40 bits per heavy atom. The molecule has 0 aromatic rings. The lowest BCUT2D eigenvalue weighted by atomic mass is 9.78. The minimum Gasteiger partial charge on any atom is -0.504 e. The van der Waals surface area contributed by atoms with Gasteiger partial charge in [-0.05, 0) is 18.3 Å². The number of ketones is 1. The number of aliphatic hydroxyl groups excluding tert-OH is 1. The summed E-state index contributed by atoms with van der Waals surface area (Å²) in [6, 6.07) is 0. The molecule has 0 aromatic heterocycles. The summed E-state index contributed by atoms with van der Waals surface area (Å²) in [6.07, 6.45) is -4.24. The molecule has 1 N–H and O–H groups in total. The molecule has 15 heavy (non-hydrogen) atoms. The van der Waals surface area contributed by atoms with Crippen molar-refractivity contribution in [3.8, 4) is 0 Å². The van der Waals surface area contributed by atoms with E-state index in [1.807, 2.05) is 6.92 Å². The van der Waals surface area contributed by atoms with Gasteiger partial charge in [0, 0.05) is 12.0 Å². The van der Waals surface area contributed by atoms with Gasteiger partial charge in [-0.25, -0.2) is 0 Å². The number of Topliss-reactive ketones (excluding diaryl/α,β-unsaturated/α-hetero) is 1. The maximum Gasteiger partial charge on any atom is 0.449 e. The second kappa shape index (κ2) is 3.87. The van der Waals surface area contributed by atoms with E-state index >= 15 is 0 Å². The second-order valence-electron chi connectivity index (χ2n) is 4.13. The standard InChI is InChI=1S/C10H13F3O2/c1-5-3-6(2)8(7(14)4-5)9(15)10(11,12)13/h5-6,15H,3-4H2,1-2H3. The van der Waals surface area contributed by atoms with Crippen molar-refractivity contribution < 1.29 is 23.1 Å². The van der Waals surface area contributed by atoms with Crippen LogP contribution >= 0.6 is 0 Å². The summed E-state index contributed by atoms with van der Waals surface area (Å²) in [5, 5.41) is 8.97. The van der Waals surface area contributed by atoms with Crippen LogP contribution in [-0.4, -0.2) is 17.1 Å². The zero-order valence-corrected chi connectivity index (χ0v) is 8.56. The number of halogens is 3. The molecule has 2 unspecified atom stereocenters. The molecule has 1 aliphatic rings. The van der Waals surface area contributed by atoms with Crippen LogP contribution in [0.25, 0.3) is 0 Å². The van der Waals surface area contributed by atoms with E-state index in [2.05, 4.69) is 0 Å². The third kappa shape index (κ3) is 2.52. The molecule has 0 aliphatic heterocycles. The molecule has 0 aromatic carbocycles. The quantitative estimate of drug-likeness (QED) is 0.505. The highest BCUT2D eigenvalue weighted by Crippen LogP contribution is 2.36. The predicted molar refractivity (Wildman–Crippen MR) is 48.3 cm³/mol. The third-order valence-corrected chi connectivity index (χ3v) is 2.61. The Kier molecular flexibility index (Phi) is 3.11. The molecule has 0 radical (unpaired) electrons. The van der Waals surface area contributed by atoms with Crippen LogP contribution in [0.3, 0.4) is 0 Å². The molecule has 2 atom stereocenters. The molecular weight excluding hydrogens is 209 g/mol. The van der Waals surface area contributed by atoms with E-state index in [1.54, 1.807) is 0 Å². The first-order chi connectivity index (χ1) is 6.73. The summed E-state index contributed by atoms with van der Waals surface area (Å²) < 4.78 is 36.7. The molecule has 0 heterocycles. The Hall–Kier alpha value is -1.00. The van der Waals surface area contributed by atoms with Gasteiger partial charge in [0.1, 0.15) is 0 Å². The van der Waals surface area contributed by atoms with Crippen LogP contribution in [-0.2, 0) is 4.79 Å². The third-order valence-electron chi connectivity index (χ3n) is 2.61. The van der Waals surface area contributed by atoms with Crippen LogP contribution in [0, 0.1) is 11.8 Å². The summed E-state index contributed by atoms with van der Waals surface area (Å²) in [4.78, 5) is 11.4. The van der Waals surface area contributed by atoms with Gasteiger partial charge in [0.05, 0.1) is 0 Å². The summed E-state index contributed by atoms with van der Waals surface area (Å²) >= 11 is 0. The zero-order valence-electron chi connectivity index (χ0n) is 8.56. The molecule has 1 rings (SSSR count). The molecule has 0 saturated heterocycles. The summed E-state index contributed by atoms with van der Waals surface area (Å²) in [7, 11) is 0. The number of carbonyl (C=O) groups excluding carboxylic acids is 1. The van der Waals surface area contributed by atoms with E-state index in [-0.39, 0.29) is 12.3 Å². The lowest BCUT2D eigenvalue weighted by molar-refractivity contribution is -0.129. The van der Waals surface area contributed by atoms with Gasteiger partial charge in [-0.15, -0.1) is 0 Å². The van der Waals surface area contributed by atoms with Gasteiger partial charge in [-0.1, -0.05) is 13.8 Å². The van der Waals surface area contributed by atoms with Crippen LogP contribution in [0.1, 0.15) is 26.7 Å². The van der Waals surface area contributed by atoms with Crippen LogP contribution in [0.5, 0.6) is 0 Å². The van der Waals surface area contributed by atoms with E-state index in [0.717, 1.165) is 0 Å². The van der Waals surface area contributed by atoms with Gasteiger partial charge in [0.2, 0.25) is 5.76 Å². The van der Waals surface area contributed by atoms with Crippen molar-refractivity contribution in [2.24, 2.45) is 11.8 Å². The average molecular weight is 222 g/mol. The second-order valence-corrected chi connectivity index (χ2v) is 4.13. The van der Waals surface area contributed by atoms with E-state index in [1.165, 1.54) is 6.92 Å². The smallest absolute Gasteiger partial charge is 0.449 e. The fourth-order valence-corrected chi connectivity index (χ4v) is 2.02. The maximum atomic E-state index is 12.2. The summed E-state index contributed by atoms with van der Waals surface area (Å²) in [5.74, 6) is -2.75. The SMILES string of the molecule is CC1CC(=O)C(=C(O)C(F)(F)F)C(C)C1. The normalized spacial score (nSPS) is 31.7. The topological polar surface area (TPSA) is 37.3 Å². The number of rotatable bonds is 0. The predicted octanol–water partition coefficient (Wildman–Crippen LogP) is 3.00. The van der Waals surface area contributed by atoms with Gasteiger partial charge in [-0.2, -0.15) is 13.2 Å². The lowest BCUT2D eigenvalue weighted by Crippen LogP contribution is -2.28. The Labute approximate surface area is 85.8 Å². The monoisotopic (exact) mass is 222 g/mol. The Bertz CT molecular complexity index is 304. The summed E-state index contributed by atoms with van der Waals surface area (Å²) in [6.45, 7) is 3.35. The highest BCUT2D eigenvalue weighted by molar-refractivity contribution is 5.97. The molecule has 0 bridgehead atoms. The number of hydrogen-bond acceptors (Lipinski definition) is 2. The first kappa shape index (κ1) is 12.1. The maximum absolute atomic E-state index is 12.2. The van der Waals surface area contributed by atoms with E-state index in [0.29, 0.717) is 6.42 Å². The largest absolute Gasteiger partial charge is 0.504 e. The molecule has 1 aliphatic carbocycles. The minimum atomic E-state index is -4.82. The van der Waals surface area contributed by atoms with Crippen molar-refractivity contribution in [1.82, 2.24) is 0 Å². The fraction of sp³-hybridized carbons (Fsp3) is 0.700. The van der Waals surface area contributed by atoms with Crippen LogP contribution < -0.4 is 0 Å². The minimum absolute atomic E-state index is 0.0808. The highest BCUT2D eigenvalue weighted by atomic mass is 19.4. The molecule has 86 valence electrons.